The van der Waals surface area contributed by atoms with Crippen LogP contribution in [0.5, 0.6) is 0 Å². The van der Waals surface area contributed by atoms with E-state index in [4.69, 9.17) is 11.5 Å². The van der Waals surface area contributed by atoms with Gasteiger partial charge in [0, 0.05) is 17.3 Å². The monoisotopic (exact) mass is 326 g/mol. The van der Waals surface area contributed by atoms with Crippen molar-refractivity contribution >= 4 is 40.2 Å². The number of aromatic nitrogens is 4. The summed E-state index contributed by atoms with van der Waals surface area (Å²) in [6.45, 7) is -0.130. The summed E-state index contributed by atoms with van der Waals surface area (Å²) in [4.78, 5) is 30.5. The zero-order valence-corrected chi connectivity index (χ0v) is 12.4. The van der Waals surface area contributed by atoms with E-state index in [1.165, 1.54) is 6.20 Å². The number of hydrogen-bond acceptors (Lipinski definition) is 7. The predicted molar refractivity (Wildman–Crippen MR) is 87.6 cm³/mol. The topological polar surface area (TPSA) is 165 Å². The van der Waals surface area contributed by atoms with E-state index in [0.29, 0.717) is 5.69 Å². The van der Waals surface area contributed by atoms with E-state index in [9.17, 15) is 9.59 Å². The van der Waals surface area contributed by atoms with Gasteiger partial charge in [-0.2, -0.15) is 10.1 Å². The van der Waals surface area contributed by atoms with Crippen LogP contribution in [0.4, 0.5) is 17.5 Å². The Morgan fingerprint density at radius 1 is 1.21 bits per heavy atom. The highest BCUT2D eigenvalue weighted by atomic mass is 16.1. The van der Waals surface area contributed by atoms with Crippen molar-refractivity contribution in [3.8, 4) is 0 Å². The molecule has 0 saturated heterocycles. The maximum Gasteiger partial charge on any atom is 0.254 e. The molecule has 0 fully saturated rings. The highest BCUT2D eigenvalue weighted by Gasteiger charge is 2.13. The zero-order valence-electron chi connectivity index (χ0n) is 12.4. The fourth-order valence-corrected chi connectivity index (χ4v) is 2.06. The van der Waals surface area contributed by atoms with Crippen molar-refractivity contribution in [3.63, 3.8) is 0 Å². The number of H-pyrrole nitrogens is 1. The lowest BCUT2D eigenvalue weighted by Crippen LogP contribution is -2.23. The van der Waals surface area contributed by atoms with E-state index in [1.54, 1.807) is 12.3 Å². The summed E-state index contributed by atoms with van der Waals surface area (Å²) >= 11 is 0. The Morgan fingerprint density at radius 2 is 2.04 bits per heavy atom. The molecule has 0 spiro atoms. The first-order chi connectivity index (χ1) is 11.5. The third-order valence-corrected chi connectivity index (χ3v) is 3.18. The Hall–Kier alpha value is -3.69. The van der Waals surface area contributed by atoms with Crippen LogP contribution in [-0.4, -0.2) is 38.5 Å². The molecule has 0 aliphatic heterocycles. The third-order valence-electron chi connectivity index (χ3n) is 3.18. The van der Waals surface area contributed by atoms with E-state index in [-0.39, 0.29) is 23.9 Å². The number of carbonyl (C=O) groups is 2. The van der Waals surface area contributed by atoms with Gasteiger partial charge in [-0.3, -0.25) is 14.7 Å². The first-order valence-corrected chi connectivity index (χ1v) is 6.92. The number of rotatable bonds is 6. The maximum absolute atomic E-state index is 11.6. The summed E-state index contributed by atoms with van der Waals surface area (Å²) in [6.07, 6.45) is 2.97. The van der Waals surface area contributed by atoms with Crippen LogP contribution >= 0.6 is 0 Å². The molecule has 2 amide bonds. The Balaban J connectivity index is 1.92. The van der Waals surface area contributed by atoms with Gasteiger partial charge in [0.15, 0.2) is 0 Å². The van der Waals surface area contributed by atoms with Crippen LogP contribution < -0.4 is 22.1 Å². The van der Waals surface area contributed by atoms with E-state index in [2.05, 4.69) is 30.8 Å². The van der Waals surface area contributed by atoms with Crippen molar-refractivity contribution < 1.29 is 9.59 Å². The van der Waals surface area contributed by atoms with Gasteiger partial charge in [-0.15, -0.1) is 0 Å². The minimum absolute atomic E-state index is 0.115. The van der Waals surface area contributed by atoms with Crippen LogP contribution in [-0.2, 0) is 4.79 Å². The smallest absolute Gasteiger partial charge is 0.254 e. The summed E-state index contributed by atoms with van der Waals surface area (Å²) in [5.74, 6) is -0.884. The number of benzene rings is 1. The highest BCUT2D eigenvalue weighted by molar-refractivity contribution is 5.98. The SMILES string of the molecule is NC(=O)CNc1ncc(C(N)=O)c(Nc2ccc3cn[nH]c3c2)n1. The normalized spacial score (nSPS) is 10.5. The van der Waals surface area contributed by atoms with Gasteiger partial charge >= 0.3 is 0 Å². The molecule has 0 saturated carbocycles. The molecular weight excluding hydrogens is 312 g/mol. The number of nitrogens with two attached hydrogens (primary N) is 2. The molecule has 7 N–H and O–H groups in total. The Morgan fingerprint density at radius 3 is 2.79 bits per heavy atom. The summed E-state index contributed by atoms with van der Waals surface area (Å²) in [6, 6.07) is 5.48. The molecule has 122 valence electrons. The number of fused-ring (bicyclic) bond motifs is 1. The fraction of sp³-hybridized carbons (Fsp3) is 0.0714. The minimum atomic E-state index is -0.679. The Labute approximate surface area is 135 Å². The lowest BCUT2D eigenvalue weighted by Gasteiger charge is -2.11. The molecule has 0 bridgehead atoms. The minimum Gasteiger partial charge on any atom is -0.368 e. The number of anilines is 3. The van der Waals surface area contributed by atoms with Gasteiger partial charge in [0.2, 0.25) is 11.9 Å². The van der Waals surface area contributed by atoms with Crippen LogP contribution in [0.1, 0.15) is 10.4 Å². The van der Waals surface area contributed by atoms with Crippen LogP contribution in [0, 0.1) is 0 Å². The summed E-state index contributed by atoms with van der Waals surface area (Å²) in [5.41, 5.74) is 12.0. The van der Waals surface area contributed by atoms with Gasteiger partial charge in [-0.1, -0.05) is 0 Å². The molecule has 3 aromatic rings. The predicted octanol–water partition coefficient (Wildman–Crippen LogP) is 0.0926. The fourth-order valence-electron chi connectivity index (χ4n) is 2.06. The lowest BCUT2D eigenvalue weighted by atomic mass is 10.2. The molecule has 0 unspecified atom stereocenters. The van der Waals surface area contributed by atoms with Crippen molar-refractivity contribution in [2.45, 2.75) is 0 Å². The van der Waals surface area contributed by atoms with Crippen LogP contribution in [0.15, 0.2) is 30.6 Å². The first-order valence-electron chi connectivity index (χ1n) is 6.92. The first kappa shape index (κ1) is 15.2. The lowest BCUT2D eigenvalue weighted by molar-refractivity contribution is -0.116. The standard InChI is InChI=1S/C14H14N8O2/c15-11(23)6-18-14-17-5-9(12(16)24)13(21-14)20-8-2-1-7-4-19-22-10(7)3-8/h1-5H,6H2,(H2,15,23)(H2,16,24)(H,19,22)(H2,17,18,20,21). The molecule has 10 heteroatoms. The zero-order chi connectivity index (χ0) is 17.1. The molecule has 0 radical (unpaired) electrons. The second-order valence-corrected chi connectivity index (χ2v) is 4.94. The Bertz CT molecular complexity index is 920. The molecule has 3 rings (SSSR count). The molecule has 1 aromatic carbocycles. The summed E-state index contributed by atoms with van der Waals surface area (Å²) in [5, 5.41) is 13.4. The number of carbonyl (C=O) groups excluding carboxylic acids is 2. The average Bonchev–Trinajstić information content (AvgIpc) is 3.00. The van der Waals surface area contributed by atoms with Crippen LogP contribution in [0.3, 0.4) is 0 Å². The van der Waals surface area contributed by atoms with Crippen molar-refractivity contribution in [1.29, 1.82) is 0 Å². The number of nitrogens with one attached hydrogen (secondary N) is 3. The van der Waals surface area contributed by atoms with Gasteiger partial charge in [-0.05, 0) is 18.2 Å². The number of amides is 2. The third kappa shape index (κ3) is 3.21. The largest absolute Gasteiger partial charge is 0.368 e. The van der Waals surface area contributed by atoms with Crippen LogP contribution in [0.25, 0.3) is 10.9 Å². The van der Waals surface area contributed by atoms with E-state index >= 15 is 0 Å². The van der Waals surface area contributed by atoms with E-state index < -0.39 is 11.8 Å². The molecule has 0 aliphatic rings. The van der Waals surface area contributed by atoms with Crippen molar-refractivity contribution in [3.05, 3.63) is 36.2 Å². The quantitative estimate of drug-likeness (QED) is 0.428. The van der Waals surface area contributed by atoms with Crippen LogP contribution in [0.2, 0.25) is 0 Å². The van der Waals surface area contributed by atoms with Crippen molar-refractivity contribution in [2.75, 3.05) is 17.2 Å². The number of hydrogen-bond donors (Lipinski definition) is 5. The molecule has 0 atom stereocenters. The van der Waals surface area contributed by atoms with Gasteiger partial charge < -0.3 is 22.1 Å². The van der Waals surface area contributed by atoms with E-state index in [0.717, 1.165) is 10.9 Å². The summed E-state index contributed by atoms with van der Waals surface area (Å²) in [7, 11) is 0. The number of aromatic amines is 1. The Kier molecular flexibility index (Phi) is 3.93. The molecule has 24 heavy (non-hydrogen) atoms. The molecule has 2 aromatic heterocycles. The van der Waals surface area contributed by atoms with Gasteiger partial charge in [0.1, 0.15) is 11.4 Å². The van der Waals surface area contributed by atoms with Crippen molar-refractivity contribution in [2.24, 2.45) is 11.5 Å². The highest BCUT2D eigenvalue weighted by Crippen LogP contribution is 2.22. The van der Waals surface area contributed by atoms with Gasteiger partial charge in [0.25, 0.3) is 5.91 Å². The number of primary amides is 2. The summed E-state index contributed by atoms with van der Waals surface area (Å²) < 4.78 is 0. The average molecular weight is 326 g/mol. The molecular formula is C14H14N8O2. The second kappa shape index (κ2) is 6.20. The molecule has 10 nitrogen and oxygen atoms in total. The molecule has 0 aliphatic carbocycles. The van der Waals surface area contributed by atoms with Crippen molar-refractivity contribution in [1.82, 2.24) is 20.2 Å². The number of nitrogens with zero attached hydrogens (tertiary/aromatic N) is 3. The maximum atomic E-state index is 11.6. The second-order valence-electron chi connectivity index (χ2n) is 4.94. The van der Waals surface area contributed by atoms with Gasteiger partial charge in [-0.25, -0.2) is 4.98 Å². The van der Waals surface area contributed by atoms with Gasteiger partial charge in [0.05, 0.1) is 18.3 Å². The molecule has 2 heterocycles. The van der Waals surface area contributed by atoms with E-state index in [1.807, 2.05) is 12.1 Å².